The van der Waals surface area contributed by atoms with E-state index >= 15 is 0 Å². The molecule has 0 amide bonds. The second-order valence-electron chi connectivity index (χ2n) is 7.55. The van der Waals surface area contributed by atoms with Gasteiger partial charge in [-0.1, -0.05) is 25.8 Å². The minimum Gasteiger partial charge on any atom is -0.497 e. The quantitative estimate of drug-likeness (QED) is 0.879. The van der Waals surface area contributed by atoms with Crippen molar-refractivity contribution in [3.05, 3.63) is 29.3 Å². The van der Waals surface area contributed by atoms with Gasteiger partial charge in [0, 0.05) is 0 Å². The molecule has 1 aromatic carbocycles. The fraction of sp³-hybridized carbons (Fsp3) is 0.684. The van der Waals surface area contributed by atoms with Crippen molar-refractivity contribution in [2.75, 3.05) is 7.11 Å². The summed E-state index contributed by atoms with van der Waals surface area (Å²) in [7, 11) is 1.75. The molecule has 0 aromatic heterocycles. The molecule has 2 heteroatoms. The van der Waals surface area contributed by atoms with Crippen LogP contribution in [0.3, 0.4) is 0 Å². The van der Waals surface area contributed by atoms with Crippen molar-refractivity contribution in [3.63, 3.8) is 0 Å². The normalized spacial score (nSPS) is 36.1. The SMILES string of the molecule is COc1ccc(C2CC(C)(O)C2)c(C2CCC(C)CC2)c1. The molecule has 0 radical (unpaired) electrons. The Hall–Kier alpha value is -1.02. The first-order valence-corrected chi connectivity index (χ1v) is 8.39. The number of methoxy groups -OCH3 is 1. The standard InChI is InChI=1S/C19H28O2/c1-13-4-6-14(7-5-13)18-10-16(21-3)8-9-17(18)15-11-19(2,20)12-15/h8-10,13-15,20H,4-7,11-12H2,1-3H3. The van der Waals surface area contributed by atoms with Crippen molar-refractivity contribution < 1.29 is 9.84 Å². The third kappa shape index (κ3) is 3.11. The van der Waals surface area contributed by atoms with Crippen molar-refractivity contribution in [1.82, 2.24) is 0 Å². The molecule has 2 nitrogen and oxygen atoms in total. The van der Waals surface area contributed by atoms with Crippen molar-refractivity contribution in [1.29, 1.82) is 0 Å². The summed E-state index contributed by atoms with van der Waals surface area (Å²) in [4.78, 5) is 0. The zero-order chi connectivity index (χ0) is 15.0. The number of aliphatic hydroxyl groups is 1. The van der Waals surface area contributed by atoms with Gasteiger partial charge in [-0.25, -0.2) is 0 Å². The molecule has 0 saturated heterocycles. The Morgan fingerprint density at radius 1 is 1.05 bits per heavy atom. The second-order valence-corrected chi connectivity index (χ2v) is 7.55. The van der Waals surface area contributed by atoms with Gasteiger partial charge in [-0.15, -0.1) is 0 Å². The molecule has 0 atom stereocenters. The third-order valence-corrected chi connectivity index (χ3v) is 5.56. The van der Waals surface area contributed by atoms with E-state index in [2.05, 4.69) is 25.1 Å². The van der Waals surface area contributed by atoms with Gasteiger partial charge < -0.3 is 9.84 Å². The first kappa shape index (κ1) is 14.9. The molecule has 0 unspecified atom stereocenters. The Labute approximate surface area is 128 Å². The van der Waals surface area contributed by atoms with Crippen LogP contribution in [0.25, 0.3) is 0 Å². The smallest absolute Gasteiger partial charge is 0.119 e. The van der Waals surface area contributed by atoms with Gasteiger partial charge in [0.15, 0.2) is 0 Å². The molecule has 0 spiro atoms. The van der Waals surface area contributed by atoms with Crippen molar-refractivity contribution in [2.24, 2.45) is 5.92 Å². The van der Waals surface area contributed by atoms with E-state index in [0.29, 0.717) is 11.8 Å². The Balaban J connectivity index is 1.85. The fourth-order valence-corrected chi connectivity index (χ4v) is 4.20. The lowest BCUT2D eigenvalue weighted by molar-refractivity contribution is -0.0316. The molecule has 2 aliphatic rings. The summed E-state index contributed by atoms with van der Waals surface area (Å²) >= 11 is 0. The maximum Gasteiger partial charge on any atom is 0.119 e. The van der Waals surface area contributed by atoms with E-state index in [1.54, 1.807) is 7.11 Å². The lowest BCUT2D eigenvalue weighted by atomic mass is 9.66. The topological polar surface area (TPSA) is 29.5 Å². The van der Waals surface area contributed by atoms with Gasteiger partial charge in [-0.05, 0) is 73.6 Å². The maximum atomic E-state index is 10.1. The number of ether oxygens (including phenoxy) is 1. The van der Waals surface area contributed by atoms with Gasteiger partial charge in [-0.3, -0.25) is 0 Å². The van der Waals surface area contributed by atoms with Crippen LogP contribution in [0.4, 0.5) is 0 Å². The molecular formula is C19H28O2. The summed E-state index contributed by atoms with van der Waals surface area (Å²) in [5.41, 5.74) is 2.49. The van der Waals surface area contributed by atoms with E-state index in [1.807, 2.05) is 6.92 Å². The van der Waals surface area contributed by atoms with Crippen LogP contribution in [0.5, 0.6) is 5.75 Å². The van der Waals surface area contributed by atoms with Crippen LogP contribution in [0, 0.1) is 5.92 Å². The summed E-state index contributed by atoms with van der Waals surface area (Å²) in [6.07, 6.45) is 7.06. The van der Waals surface area contributed by atoms with Crippen LogP contribution in [-0.4, -0.2) is 17.8 Å². The van der Waals surface area contributed by atoms with Crippen molar-refractivity contribution >= 4 is 0 Å². The van der Waals surface area contributed by atoms with Crippen LogP contribution in [0.15, 0.2) is 18.2 Å². The van der Waals surface area contributed by atoms with E-state index in [-0.39, 0.29) is 0 Å². The first-order chi connectivity index (χ1) is 9.98. The molecule has 2 aliphatic carbocycles. The lowest BCUT2D eigenvalue weighted by Crippen LogP contribution is -2.39. The van der Waals surface area contributed by atoms with Crippen molar-refractivity contribution in [3.8, 4) is 5.75 Å². The molecule has 2 fully saturated rings. The van der Waals surface area contributed by atoms with Crippen LogP contribution in [0.1, 0.15) is 75.3 Å². The van der Waals surface area contributed by atoms with E-state index in [4.69, 9.17) is 4.74 Å². The lowest BCUT2D eigenvalue weighted by Gasteiger charge is -2.43. The average Bonchev–Trinajstić information content (AvgIpc) is 2.45. The Kier molecular flexibility index (Phi) is 4.00. The molecule has 1 N–H and O–H groups in total. The van der Waals surface area contributed by atoms with Crippen LogP contribution >= 0.6 is 0 Å². The van der Waals surface area contributed by atoms with Gasteiger partial charge in [0.2, 0.25) is 0 Å². The Morgan fingerprint density at radius 2 is 1.71 bits per heavy atom. The Morgan fingerprint density at radius 3 is 2.29 bits per heavy atom. The van der Waals surface area contributed by atoms with Gasteiger partial charge in [0.25, 0.3) is 0 Å². The van der Waals surface area contributed by atoms with E-state index in [1.165, 1.54) is 36.8 Å². The van der Waals surface area contributed by atoms with Gasteiger partial charge in [0.1, 0.15) is 5.75 Å². The fourth-order valence-electron chi connectivity index (χ4n) is 4.20. The number of hydrogen-bond acceptors (Lipinski definition) is 2. The summed E-state index contributed by atoms with van der Waals surface area (Å²) in [6.45, 7) is 4.32. The molecule has 0 aliphatic heterocycles. The number of rotatable bonds is 3. The molecule has 21 heavy (non-hydrogen) atoms. The zero-order valence-corrected chi connectivity index (χ0v) is 13.6. The summed E-state index contributed by atoms with van der Waals surface area (Å²) in [6, 6.07) is 6.58. The van der Waals surface area contributed by atoms with Crippen LogP contribution in [0.2, 0.25) is 0 Å². The predicted octanol–water partition coefficient (Wildman–Crippen LogP) is 4.62. The van der Waals surface area contributed by atoms with Gasteiger partial charge in [0.05, 0.1) is 12.7 Å². The summed E-state index contributed by atoms with van der Waals surface area (Å²) in [5, 5.41) is 10.1. The monoisotopic (exact) mass is 288 g/mol. The second kappa shape index (κ2) is 5.64. The molecule has 1 aromatic rings. The highest BCUT2D eigenvalue weighted by atomic mass is 16.5. The number of hydrogen-bond donors (Lipinski definition) is 1. The molecule has 0 bridgehead atoms. The molecule has 2 saturated carbocycles. The van der Waals surface area contributed by atoms with Crippen LogP contribution in [-0.2, 0) is 0 Å². The molecule has 0 heterocycles. The molecular weight excluding hydrogens is 260 g/mol. The summed E-state index contributed by atoms with van der Waals surface area (Å²) < 4.78 is 5.44. The van der Waals surface area contributed by atoms with E-state index in [0.717, 1.165) is 24.5 Å². The third-order valence-electron chi connectivity index (χ3n) is 5.56. The van der Waals surface area contributed by atoms with Gasteiger partial charge >= 0.3 is 0 Å². The highest BCUT2D eigenvalue weighted by Gasteiger charge is 2.40. The first-order valence-electron chi connectivity index (χ1n) is 8.39. The highest BCUT2D eigenvalue weighted by molar-refractivity contribution is 5.41. The molecule has 116 valence electrons. The zero-order valence-electron chi connectivity index (χ0n) is 13.6. The largest absolute Gasteiger partial charge is 0.497 e. The Bertz CT molecular complexity index is 490. The number of benzene rings is 1. The van der Waals surface area contributed by atoms with E-state index < -0.39 is 5.60 Å². The van der Waals surface area contributed by atoms with Crippen molar-refractivity contribution in [2.45, 2.75) is 69.8 Å². The minimum atomic E-state index is -0.455. The van der Waals surface area contributed by atoms with Gasteiger partial charge in [-0.2, -0.15) is 0 Å². The average molecular weight is 288 g/mol. The minimum absolute atomic E-state index is 0.455. The van der Waals surface area contributed by atoms with Crippen LogP contribution < -0.4 is 4.74 Å². The highest BCUT2D eigenvalue weighted by Crippen LogP contribution is 2.48. The van der Waals surface area contributed by atoms with E-state index in [9.17, 15) is 5.11 Å². The molecule has 3 rings (SSSR count). The maximum absolute atomic E-state index is 10.1. The summed E-state index contributed by atoms with van der Waals surface area (Å²) in [5.74, 6) is 3.05. The predicted molar refractivity (Wildman–Crippen MR) is 86.0 cm³/mol.